The molecule has 3 nitrogen and oxygen atoms in total. The van der Waals surface area contributed by atoms with E-state index in [9.17, 15) is 0 Å². The van der Waals surface area contributed by atoms with Gasteiger partial charge in [-0.2, -0.15) is 0 Å². The maximum absolute atomic E-state index is 5.55. The summed E-state index contributed by atoms with van der Waals surface area (Å²) in [6, 6.07) is 4.53. The highest BCUT2D eigenvalue weighted by atomic mass is 79.9. The summed E-state index contributed by atoms with van der Waals surface area (Å²) in [4.78, 5) is 0. The van der Waals surface area contributed by atoms with Gasteiger partial charge in [0.25, 0.3) is 0 Å². The van der Waals surface area contributed by atoms with E-state index in [0.717, 1.165) is 22.5 Å². The van der Waals surface area contributed by atoms with E-state index in [0.29, 0.717) is 12.6 Å². The third-order valence-corrected chi connectivity index (χ3v) is 2.88. The first-order chi connectivity index (χ1) is 8.08. The smallest absolute Gasteiger partial charge is 0.175 e. The van der Waals surface area contributed by atoms with Crippen LogP contribution in [0.5, 0.6) is 11.5 Å². The van der Waals surface area contributed by atoms with Gasteiger partial charge in [0.2, 0.25) is 0 Å². The number of nitrogens with one attached hydrogen (secondary N) is 1. The second-order valence-electron chi connectivity index (χ2n) is 4.08. The molecule has 1 N–H and O–H groups in total. The number of methoxy groups -OCH3 is 1. The lowest BCUT2D eigenvalue weighted by Gasteiger charge is -2.14. The van der Waals surface area contributed by atoms with E-state index >= 15 is 0 Å². The van der Waals surface area contributed by atoms with Gasteiger partial charge in [0, 0.05) is 12.6 Å². The Labute approximate surface area is 112 Å². The van der Waals surface area contributed by atoms with Gasteiger partial charge in [-0.15, -0.1) is 0 Å². The van der Waals surface area contributed by atoms with Gasteiger partial charge in [-0.25, -0.2) is 0 Å². The SMILES string of the molecule is CCOc1c(Br)cc(CNC(C)C)cc1OC. The minimum Gasteiger partial charge on any atom is -0.493 e. The third kappa shape index (κ3) is 4.21. The Hall–Kier alpha value is -0.740. The normalized spacial score (nSPS) is 10.7. The molecule has 0 fully saturated rings. The Morgan fingerprint density at radius 2 is 2.06 bits per heavy atom. The molecule has 0 aliphatic heterocycles. The van der Waals surface area contributed by atoms with Crippen LogP contribution in [-0.2, 0) is 6.54 Å². The van der Waals surface area contributed by atoms with Gasteiger partial charge >= 0.3 is 0 Å². The predicted octanol–water partition coefficient (Wildman–Crippen LogP) is 3.35. The maximum atomic E-state index is 5.55. The van der Waals surface area contributed by atoms with Gasteiger partial charge in [-0.3, -0.25) is 0 Å². The lowest BCUT2D eigenvalue weighted by atomic mass is 10.2. The van der Waals surface area contributed by atoms with Crippen molar-refractivity contribution in [2.45, 2.75) is 33.4 Å². The summed E-state index contributed by atoms with van der Waals surface area (Å²) < 4.78 is 11.8. The first-order valence-electron chi connectivity index (χ1n) is 5.81. The van der Waals surface area contributed by atoms with Crippen molar-refractivity contribution in [2.24, 2.45) is 0 Å². The quantitative estimate of drug-likeness (QED) is 0.874. The van der Waals surface area contributed by atoms with Gasteiger partial charge in [0.1, 0.15) is 0 Å². The summed E-state index contributed by atoms with van der Waals surface area (Å²) >= 11 is 3.51. The van der Waals surface area contributed by atoms with E-state index in [2.05, 4.69) is 41.2 Å². The lowest BCUT2D eigenvalue weighted by Crippen LogP contribution is -2.21. The summed E-state index contributed by atoms with van der Waals surface area (Å²) in [7, 11) is 1.66. The molecule has 4 heteroatoms. The number of hydrogen-bond acceptors (Lipinski definition) is 3. The largest absolute Gasteiger partial charge is 0.493 e. The first kappa shape index (κ1) is 14.3. The Morgan fingerprint density at radius 3 is 2.59 bits per heavy atom. The van der Waals surface area contributed by atoms with Crippen LogP contribution in [0.2, 0.25) is 0 Å². The van der Waals surface area contributed by atoms with Crippen LogP contribution in [0.3, 0.4) is 0 Å². The van der Waals surface area contributed by atoms with Crippen LogP contribution in [0.4, 0.5) is 0 Å². The summed E-state index contributed by atoms with van der Waals surface area (Å²) in [5.41, 5.74) is 1.17. The second-order valence-corrected chi connectivity index (χ2v) is 4.93. The maximum Gasteiger partial charge on any atom is 0.175 e. The van der Waals surface area contributed by atoms with Crippen LogP contribution in [0.15, 0.2) is 16.6 Å². The monoisotopic (exact) mass is 301 g/mol. The molecule has 0 atom stereocenters. The summed E-state index contributed by atoms with van der Waals surface area (Å²) in [5.74, 6) is 1.53. The Balaban J connectivity index is 2.92. The van der Waals surface area contributed by atoms with Crippen molar-refractivity contribution in [3.8, 4) is 11.5 Å². The molecule has 1 rings (SSSR count). The topological polar surface area (TPSA) is 30.5 Å². The molecule has 0 aromatic heterocycles. The van der Waals surface area contributed by atoms with E-state index in [1.54, 1.807) is 7.11 Å². The molecule has 0 aliphatic carbocycles. The summed E-state index contributed by atoms with van der Waals surface area (Å²) in [5, 5.41) is 3.37. The number of benzene rings is 1. The fourth-order valence-corrected chi connectivity index (χ4v) is 2.09. The van der Waals surface area contributed by atoms with E-state index in [1.807, 2.05) is 13.0 Å². The molecule has 0 aliphatic rings. The Bertz CT molecular complexity index is 367. The molecule has 0 amide bonds. The van der Waals surface area contributed by atoms with Gasteiger partial charge in [0.05, 0.1) is 18.2 Å². The van der Waals surface area contributed by atoms with Crippen LogP contribution in [0.25, 0.3) is 0 Å². The van der Waals surface area contributed by atoms with Crippen molar-refractivity contribution < 1.29 is 9.47 Å². The molecule has 0 heterocycles. The number of halogens is 1. The average Bonchev–Trinajstić information content (AvgIpc) is 2.29. The van der Waals surface area contributed by atoms with Crippen molar-refractivity contribution in [1.82, 2.24) is 5.32 Å². The zero-order chi connectivity index (χ0) is 12.8. The molecule has 0 spiro atoms. The van der Waals surface area contributed by atoms with Crippen LogP contribution < -0.4 is 14.8 Å². The van der Waals surface area contributed by atoms with E-state index in [-0.39, 0.29) is 0 Å². The molecular formula is C13H20BrNO2. The first-order valence-corrected chi connectivity index (χ1v) is 6.60. The molecule has 0 saturated heterocycles. The second kappa shape index (κ2) is 6.87. The zero-order valence-electron chi connectivity index (χ0n) is 10.8. The van der Waals surface area contributed by atoms with Crippen LogP contribution in [0.1, 0.15) is 26.3 Å². The minimum atomic E-state index is 0.464. The molecular weight excluding hydrogens is 282 g/mol. The molecule has 0 bridgehead atoms. The van der Waals surface area contributed by atoms with Crippen molar-refractivity contribution in [2.75, 3.05) is 13.7 Å². The number of hydrogen-bond donors (Lipinski definition) is 1. The van der Waals surface area contributed by atoms with Gasteiger partial charge in [-0.1, -0.05) is 13.8 Å². The van der Waals surface area contributed by atoms with Gasteiger partial charge in [-0.05, 0) is 40.5 Å². The average molecular weight is 302 g/mol. The van der Waals surface area contributed by atoms with Gasteiger partial charge < -0.3 is 14.8 Å². The molecule has 17 heavy (non-hydrogen) atoms. The van der Waals surface area contributed by atoms with Gasteiger partial charge in [0.15, 0.2) is 11.5 Å². The van der Waals surface area contributed by atoms with E-state index in [4.69, 9.17) is 9.47 Å². The number of rotatable bonds is 6. The van der Waals surface area contributed by atoms with Crippen LogP contribution in [0, 0.1) is 0 Å². The van der Waals surface area contributed by atoms with E-state index < -0.39 is 0 Å². The highest BCUT2D eigenvalue weighted by molar-refractivity contribution is 9.10. The zero-order valence-corrected chi connectivity index (χ0v) is 12.4. The number of ether oxygens (including phenoxy) is 2. The van der Waals surface area contributed by atoms with Crippen molar-refractivity contribution in [1.29, 1.82) is 0 Å². The van der Waals surface area contributed by atoms with E-state index in [1.165, 1.54) is 5.56 Å². The Morgan fingerprint density at radius 1 is 1.35 bits per heavy atom. The Kier molecular flexibility index (Phi) is 5.78. The molecule has 0 saturated carbocycles. The molecule has 1 aromatic rings. The van der Waals surface area contributed by atoms with Crippen molar-refractivity contribution in [3.63, 3.8) is 0 Å². The summed E-state index contributed by atoms with van der Waals surface area (Å²) in [6.07, 6.45) is 0. The molecule has 0 unspecified atom stereocenters. The molecule has 0 radical (unpaired) electrons. The predicted molar refractivity (Wildman–Crippen MR) is 73.8 cm³/mol. The van der Waals surface area contributed by atoms with Crippen molar-refractivity contribution >= 4 is 15.9 Å². The summed E-state index contributed by atoms with van der Waals surface area (Å²) in [6.45, 7) is 7.65. The molecule has 96 valence electrons. The standard InChI is InChI=1S/C13H20BrNO2/c1-5-17-13-11(14)6-10(7-12(13)16-4)8-15-9(2)3/h6-7,9,15H,5,8H2,1-4H3. The molecule has 1 aromatic carbocycles. The van der Waals surface area contributed by atoms with Crippen LogP contribution in [-0.4, -0.2) is 19.8 Å². The fraction of sp³-hybridized carbons (Fsp3) is 0.538. The highest BCUT2D eigenvalue weighted by Crippen LogP contribution is 2.36. The third-order valence-electron chi connectivity index (χ3n) is 2.29. The lowest BCUT2D eigenvalue weighted by molar-refractivity contribution is 0.308. The minimum absolute atomic E-state index is 0.464. The highest BCUT2D eigenvalue weighted by Gasteiger charge is 2.11. The fourth-order valence-electron chi connectivity index (χ4n) is 1.48. The van der Waals surface area contributed by atoms with Crippen LogP contribution >= 0.6 is 15.9 Å². The van der Waals surface area contributed by atoms with Crippen molar-refractivity contribution in [3.05, 3.63) is 22.2 Å².